The van der Waals surface area contributed by atoms with Gasteiger partial charge in [0.15, 0.2) is 11.0 Å². The third-order valence-corrected chi connectivity index (χ3v) is 7.48. The van der Waals surface area contributed by atoms with E-state index in [0.29, 0.717) is 38.8 Å². The molecule has 3 aromatic rings. The Labute approximate surface area is 221 Å². The van der Waals surface area contributed by atoms with Gasteiger partial charge in [0.2, 0.25) is 5.91 Å². The molecule has 0 fully saturated rings. The molecule has 2 aromatic carbocycles. The molecule has 0 aliphatic carbocycles. The van der Waals surface area contributed by atoms with Crippen molar-refractivity contribution < 1.29 is 9.59 Å². The fourth-order valence-corrected chi connectivity index (χ4v) is 4.69. The van der Waals surface area contributed by atoms with Gasteiger partial charge in [-0.25, -0.2) is 0 Å². The molecule has 0 aliphatic rings. The topological polar surface area (TPSA) is 88.9 Å². The van der Waals surface area contributed by atoms with Gasteiger partial charge in [-0.2, -0.15) is 0 Å². The highest BCUT2D eigenvalue weighted by molar-refractivity contribution is 9.10. The Hall–Kier alpha value is -2.07. The van der Waals surface area contributed by atoms with Crippen molar-refractivity contribution in [1.29, 1.82) is 0 Å². The standard InChI is InChI=1S/C23H24BrCl2N5O2S/c1-4-31-21(20(13(2)3)28-22(33)15-7-5-6-8-17(15)25)29-30-23(31)34-12-19(32)27-14-9-10-16(24)18(26)11-14/h5-11,13,20H,4,12H2,1-3H3,(H,27,32)(H,28,33)/t20-/m1/s1. The lowest BCUT2D eigenvalue weighted by Gasteiger charge is -2.22. The smallest absolute Gasteiger partial charge is 0.253 e. The largest absolute Gasteiger partial charge is 0.342 e. The number of rotatable bonds is 9. The fourth-order valence-electron chi connectivity index (χ4n) is 3.23. The predicted octanol–water partition coefficient (Wildman–Crippen LogP) is 6.23. The molecule has 180 valence electrons. The molecule has 0 saturated carbocycles. The van der Waals surface area contributed by atoms with E-state index in [1.807, 2.05) is 25.3 Å². The van der Waals surface area contributed by atoms with Gasteiger partial charge >= 0.3 is 0 Å². The lowest BCUT2D eigenvalue weighted by atomic mass is 10.0. The summed E-state index contributed by atoms with van der Waals surface area (Å²) in [5.41, 5.74) is 1.01. The molecule has 1 aromatic heterocycles. The zero-order valence-electron chi connectivity index (χ0n) is 18.8. The second-order valence-electron chi connectivity index (χ2n) is 7.73. The Morgan fingerprint density at radius 2 is 1.85 bits per heavy atom. The van der Waals surface area contributed by atoms with Gasteiger partial charge in [0, 0.05) is 16.7 Å². The number of halogens is 3. The zero-order valence-corrected chi connectivity index (χ0v) is 22.7. The van der Waals surface area contributed by atoms with Crippen LogP contribution in [0.15, 0.2) is 52.1 Å². The maximum absolute atomic E-state index is 12.9. The minimum Gasteiger partial charge on any atom is -0.342 e. The van der Waals surface area contributed by atoms with Crippen LogP contribution in [0.2, 0.25) is 10.0 Å². The molecule has 0 saturated heterocycles. The second kappa shape index (κ2) is 12.1. The zero-order chi connectivity index (χ0) is 24.8. The molecular weight excluding hydrogens is 561 g/mol. The van der Waals surface area contributed by atoms with E-state index in [-0.39, 0.29) is 29.5 Å². The summed E-state index contributed by atoms with van der Waals surface area (Å²) in [6.45, 7) is 6.54. The summed E-state index contributed by atoms with van der Waals surface area (Å²) in [5, 5.41) is 16.0. The summed E-state index contributed by atoms with van der Waals surface area (Å²) >= 11 is 16.9. The highest BCUT2D eigenvalue weighted by Crippen LogP contribution is 2.28. The first-order valence-corrected chi connectivity index (χ1v) is 13.1. The minimum absolute atomic E-state index is 0.0456. The quantitative estimate of drug-likeness (QED) is 0.291. The molecule has 0 unspecified atom stereocenters. The molecule has 0 aliphatic heterocycles. The van der Waals surface area contributed by atoms with E-state index >= 15 is 0 Å². The van der Waals surface area contributed by atoms with Crippen LogP contribution in [-0.2, 0) is 11.3 Å². The summed E-state index contributed by atoms with van der Waals surface area (Å²) in [4.78, 5) is 25.3. The Balaban J connectivity index is 1.72. The van der Waals surface area contributed by atoms with Gasteiger partial charge in [-0.1, -0.05) is 60.9 Å². The Morgan fingerprint density at radius 1 is 1.12 bits per heavy atom. The molecule has 2 N–H and O–H groups in total. The Kier molecular flexibility index (Phi) is 9.41. The first-order chi connectivity index (χ1) is 16.2. The van der Waals surface area contributed by atoms with E-state index in [1.54, 1.807) is 42.5 Å². The first-order valence-electron chi connectivity index (χ1n) is 10.6. The van der Waals surface area contributed by atoms with Crippen molar-refractivity contribution in [1.82, 2.24) is 20.1 Å². The van der Waals surface area contributed by atoms with E-state index in [4.69, 9.17) is 23.2 Å². The minimum atomic E-state index is -0.385. The van der Waals surface area contributed by atoms with Crippen LogP contribution < -0.4 is 10.6 Å². The number of nitrogens with zero attached hydrogens (tertiary/aromatic N) is 3. The van der Waals surface area contributed by atoms with Gasteiger partial charge in [0.05, 0.1) is 27.4 Å². The number of carbonyl (C=O) groups is 2. The highest BCUT2D eigenvalue weighted by atomic mass is 79.9. The van der Waals surface area contributed by atoms with Gasteiger partial charge < -0.3 is 15.2 Å². The summed E-state index contributed by atoms with van der Waals surface area (Å²) in [6.07, 6.45) is 0. The van der Waals surface area contributed by atoms with Crippen molar-refractivity contribution >= 4 is 68.4 Å². The summed E-state index contributed by atoms with van der Waals surface area (Å²) in [5.74, 6) is 0.342. The van der Waals surface area contributed by atoms with Gasteiger partial charge in [0.25, 0.3) is 5.91 Å². The lowest BCUT2D eigenvalue weighted by Crippen LogP contribution is -2.34. The molecule has 1 heterocycles. The van der Waals surface area contributed by atoms with Crippen molar-refractivity contribution in [2.75, 3.05) is 11.1 Å². The number of anilines is 1. The summed E-state index contributed by atoms with van der Waals surface area (Å²) in [6, 6.07) is 11.7. The van der Waals surface area contributed by atoms with Crippen molar-refractivity contribution in [3.63, 3.8) is 0 Å². The van der Waals surface area contributed by atoms with Crippen LogP contribution in [0, 0.1) is 5.92 Å². The summed E-state index contributed by atoms with van der Waals surface area (Å²) in [7, 11) is 0. The molecule has 7 nitrogen and oxygen atoms in total. The average molecular weight is 585 g/mol. The number of thioether (sulfide) groups is 1. The summed E-state index contributed by atoms with van der Waals surface area (Å²) < 4.78 is 2.66. The van der Waals surface area contributed by atoms with Crippen LogP contribution in [0.3, 0.4) is 0 Å². The molecule has 1 atom stereocenters. The molecule has 0 spiro atoms. The highest BCUT2D eigenvalue weighted by Gasteiger charge is 2.26. The maximum atomic E-state index is 12.9. The molecule has 0 bridgehead atoms. The van der Waals surface area contributed by atoms with Crippen molar-refractivity contribution in [3.05, 3.63) is 68.4 Å². The van der Waals surface area contributed by atoms with Gasteiger partial charge in [-0.05, 0) is 59.1 Å². The molecule has 0 radical (unpaired) electrons. The Morgan fingerprint density at radius 3 is 2.50 bits per heavy atom. The molecule has 11 heteroatoms. The lowest BCUT2D eigenvalue weighted by molar-refractivity contribution is -0.113. The van der Waals surface area contributed by atoms with Crippen LogP contribution in [0.1, 0.15) is 43.0 Å². The van der Waals surface area contributed by atoms with Crippen LogP contribution in [0.4, 0.5) is 5.69 Å². The van der Waals surface area contributed by atoms with Crippen LogP contribution >= 0.6 is 50.9 Å². The number of nitrogens with one attached hydrogen (secondary N) is 2. The molecular formula is C23H24BrCl2N5O2S. The van der Waals surface area contributed by atoms with Gasteiger partial charge in [0.1, 0.15) is 0 Å². The first kappa shape index (κ1) is 26.5. The number of amides is 2. The number of carbonyl (C=O) groups excluding carboxylic acids is 2. The van der Waals surface area contributed by atoms with Crippen LogP contribution in [0.5, 0.6) is 0 Å². The van der Waals surface area contributed by atoms with E-state index in [0.717, 1.165) is 4.47 Å². The normalized spacial score (nSPS) is 12.0. The van der Waals surface area contributed by atoms with Gasteiger partial charge in [-0.15, -0.1) is 10.2 Å². The Bertz CT molecular complexity index is 1190. The number of aromatic nitrogens is 3. The third kappa shape index (κ3) is 6.53. The fraction of sp³-hybridized carbons (Fsp3) is 0.304. The molecule has 34 heavy (non-hydrogen) atoms. The predicted molar refractivity (Wildman–Crippen MR) is 141 cm³/mol. The van der Waals surface area contributed by atoms with E-state index in [2.05, 4.69) is 36.8 Å². The van der Waals surface area contributed by atoms with Crippen LogP contribution in [-0.4, -0.2) is 32.3 Å². The van der Waals surface area contributed by atoms with Gasteiger partial charge in [-0.3, -0.25) is 9.59 Å². The van der Waals surface area contributed by atoms with E-state index < -0.39 is 0 Å². The van der Waals surface area contributed by atoms with Crippen LogP contribution in [0.25, 0.3) is 0 Å². The third-order valence-electron chi connectivity index (χ3n) is 4.95. The van der Waals surface area contributed by atoms with Crippen molar-refractivity contribution in [3.8, 4) is 0 Å². The number of hydrogen-bond donors (Lipinski definition) is 2. The average Bonchev–Trinajstić information content (AvgIpc) is 3.21. The number of hydrogen-bond acceptors (Lipinski definition) is 5. The van der Waals surface area contributed by atoms with Crippen molar-refractivity contribution in [2.45, 2.75) is 38.5 Å². The monoisotopic (exact) mass is 583 g/mol. The maximum Gasteiger partial charge on any atom is 0.253 e. The number of benzene rings is 2. The molecule has 2 amide bonds. The second-order valence-corrected chi connectivity index (χ2v) is 10.3. The SMILES string of the molecule is CCn1c(SCC(=O)Nc2ccc(Br)c(Cl)c2)nnc1[C@H](NC(=O)c1ccccc1Cl)C(C)C. The van der Waals surface area contributed by atoms with Crippen molar-refractivity contribution in [2.24, 2.45) is 5.92 Å². The van der Waals surface area contributed by atoms with E-state index in [1.165, 1.54) is 11.8 Å². The molecule has 3 rings (SSSR count). The van der Waals surface area contributed by atoms with E-state index in [9.17, 15) is 9.59 Å².